The zero-order chi connectivity index (χ0) is 36.9. The Morgan fingerprint density at radius 1 is 0.880 bits per heavy atom. The van der Waals surface area contributed by atoms with Crippen molar-refractivity contribution in [2.45, 2.75) is 88.9 Å². The minimum Gasteiger partial charge on any atom is -0.463 e. The first-order valence-corrected chi connectivity index (χ1v) is 16.2. The van der Waals surface area contributed by atoms with Crippen molar-refractivity contribution in [2.24, 2.45) is 17.0 Å². The maximum Gasteiger partial charge on any atom is 0.303 e. The molecule has 3 heterocycles. The number of nitrogens with zero attached hydrogens (tertiary/aromatic N) is 6. The van der Waals surface area contributed by atoms with Crippen LogP contribution in [0.25, 0.3) is 21.7 Å². The molecule has 0 N–H and O–H groups in total. The van der Waals surface area contributed by atoms with Crippen molar-refractivity contribution < 1.29 is 60.8 Å². The van der Waals surface area contributed by atoms with Crippen LogP contribution in [0.3, 0.4) is 0 Å². The second kappa shape index (κ2) is 16.5. The molecule has 0 radical (unpaired) electrons. The molecular weight excluding hydrogens is 693 g/mol. The minimum atomic E-state index is -1.65. The van der Waals surface area contributed by atoms with E-state index in [1.54, 1.807) is 13.8 Å². The smallest absolute Gasteiger partial charge is 0.303 e. The molecule has 5 unspecified atom stereocenters. The highest BCUT2D eigenvalue weighted by molar-refractivity contribution is 8.00. The van der Waals surface area contributed by atoms with E-state index < -0.39 is 101 Å². The number of thioether (sulfide) groups is 1. The number of carbonyl (C=O) groups excluding carboxylic acids is 4. The van der Waals surface area contributed by atoms with Crippen LogP contribution in [0.2, 0.25) is 0 Å². The highest BCUT2D eigenvalue weighted by Crippen LogP contribution is 2.45. The van der Waals surface area contributed by atoms with E-state index >= 15 is 0 Å². The number of hydrogen-bond donors (Lipinski definition) is 0. The van der Waals surface area contributed by atoms with Crippen LogP contribution >= 0.6 is 11.8 Å². The van der Waals surface area contributed by atoms with E-state index in [0.717, 1.165) is 30.8 Å². The van der Waals surface area contributed by atoms with Gasteiger partial charge in [0.15, 0.2) is 23.6 Å². The predicted molar refractivity (Wildman–Crippen MR) is 165 cm³/mol. The predicted octanol–water partition coefficient (Wildman–Crippen LogP) is 4.03. The van der Waals surface area contributed by atoms with Gasteiger partial charge in [-0.3, -0.25) is 19.2 Å². The van der Waals surface area contributed by atoms with Crippen molar-refractivity contribution >= 4 is 35.6 Å². The second-order valence-electron chi connectivity index (χ2n) is 11.7. The quantitative estimate of drug-likeness (QED) is 0.0802. The summed E-state index contributed by atoms with van der Waals surface area (Å²) in [6, 6.07) is -0.404. The standard InChI is InChI=1S/C30H35F3N6O10S/c1-12-22(10-44-14(3)40)48-30(50-29-13(2)25(36-37-34)27(46-16(5)42)23(49-29)11-45-15(4)41)28(47-17(6)43)26(12)39-9-21(35-38-39)18-7-19(31)24(33)20(32)8-18/h7-9,12-13,22-23,25-30H,10-11H2,1-6H3/t12-,13+,22?,23+,25?,26-,27?,28?,29?,30-/m0/s1. The molecule has 2 aromatic rings. The summed E-state index contributed by atoms with van der Waals surface area (Å²) in [4.78, 5) is 50.9. The maximum absolute atomic E-state index is 14.1. The van der Waals surface area contributed by atoms with Gasteiger partial charge in [-0.2, -0.15) is 0 Å². The molecule has 0 amide bonds. The van der Waals surface area contributed by atoms with Gasteiger partial charge in [-0.05, 0) is 17.7 Å². The molecule has 0 aliphatic carbocycles. The van der Waals surface area contributed by atoms with Crippen LogP contribution in [0.15, 0.2) is 23.4 Å². The lowest BCUT2D eigenvalue weighted by molar-refractivity contribution is -0.188. The van der Waals surface area contributed by atoms with Gasteiger partial charge in [0.1, 0.15) is 42.0 Å². The summed E-state index contributed by atoms with van der Waals surface area (Å²) in [5.41, 5.74) is 7.20. The van der Waals surface area contributed by atoms with Crippen LogP contribution in [0.4, 0.5) is 13.2 Å². The van der Waals surface area contributed by atoms with Gasteiger partial charge in [0, 0.05) is 50.0 Å². The molecule has 2 fully saturated rings. The topological polar surface area (TPSA) is 203 Å². The van der Waals surface area contributed by atoms with E-state index in [9.17, 15) is 37.9 Å². The Morgan fingerprint density at radius 2 is 1.44 bits per heavy atom. The first-order chi connectivity index (χ1) is 23.6. The van der Waals surface area contributed by atoms with Crippen LogP contribution < -0.4 is 0 Å². The van der Waals surface area contributed by atoms with Gasteiger partial charge >= 0.3 is 23.9 Å². The Morgan fingerprint density at radius 3 is 2.00 bits per heavy atom. The zero-order valence-electron chi connectivity index (χ0n) is 27.7. The lowest BCUT2D eigenvalue weighted by Crippen LogP contribution is -2.57. The fraction of sp³-hybridized carbons (Fsp3) is 0.600. The highest BCUT2D eigenvalue weighted by atomic mass is 32.2. The molecule has 4 rings (SSSR count). The molecule has 2 aliphatic heterocycles. The Hall–Kier alpha value is -4.39. The van der Waals surface area contributed by atoms with E-state index in [4.69, 9.17) is 28.4 Å². The van der Waals surface area contributed by atoms with Crippen molar-refractivity contribution in [3.05, 3.63) is 46.2 Å². The molecular formula is C30H35F3N6O10S. The second-order valence-corrected chi connectivity index (χ2v) is 12.9. The van der Waals surface area contributed by atoms with E-state index in [2.05, 4.69) is 20.3 Å². The number of carbonyl (C=O) groups is 4. The molecule has 0 bridgehead atoms. The van der Waals surface area contributed by atoms with Crippen molar-refractivity contribution in [2.75, 3.05) is 13.2 Å². The largest absolute Gasteiger partial charge is 0.463 e. The zero-order valence-corrected chi connectivity index (χ0v) is 28.5. The molecule has 2 aliphatic rings. The first-order valence-electron chi connectivity index (χ1n) is 15.3. The van der Waals surface area contributed by atoms with Crippen LogP contribution in [-0.2, 0) is 47.6 Å². The SMILES string of the molecule is CC(=O)OCC1O[C@@H](SC2O[C@H](COC(C)=O)C(OC(C)=O)C(N=[N+]=[N-])[C@H]2C)C(OC(C)=O)[C@@H](n2cc(-c3cc(F)c(F)c(F)c3)nn2)[C@H]1C. The van der Waals surface area contributed by atoms with Gasteiger partial charge in [0.2, 0.25) is 0 Å². The van der Waals surface area contributed by atoms with Crippen LogP contribution in [0.1, 0.15) is 47.6 Å². The fourth-order valence-corrected chi connectivity index (χ4v) is 7.22. The van der Waals surface area contributed by atoms with E-state index in [0.29, 0.717) is 0 Å². The van der Waals surface area contributed by atoms with Crippen LogP contribution in [0.5, 0.6) is 0 Å². The van der Waals surface area contributed by atoms with Crippen molar-refractivity contribution in [3.8, 4) is 11.3 Å². The minimum absolute atomic E-state index is 0.0323. The molecule has 1 aromatic heterocycles. The molecule has 0 spiro atoms. The molecule has 20 heteroatoms. The monoisotopic (exact) mass is 728 g/mol. The summed E-state index contributed by atoms with van der Waals surface area (Å²) in [5, 5.41) is 12.0. The molecule has 0 saturated carbocycles. The Balaban J connectivity index is 1.75. The lowest BCUT2D eigenvalue weighted by Gasteiger charge is -2.48. The fourth-order valence-electron chi connectivity index (χ4n) is 5.76. The average Bonchev–Trinajstić information content (AvgIpc) is 3.52. The first kappa shape index (κ1) is 38.4. The molecule has 10 atom stereocenters. The Bertz CT molecular complexity index is 1620. The number of esters is 4. The number of ether oxygens (including phenoxy) is 6. The molecule has 1 aromatic carbocycles. The van der Waals surface area contributed by atoms with E-state index in [-0.39, 0.29) is 24.5 Å². The van der Waals surface area contributed by atoms with Gasteiger partial charge in [0.25, 0.3) is 0 Å². The third-order valence-corrected chi connectivity index (χ3v) is 9.53. The number of hydrogen-bond acceptors (Lipinski definition) is 14. The normalized spacial score (nSPS) is 29.3. The van der Waals surface area contributed by atoms with Gasteiger partial charge in [-0.25, -0.2) is 17.9 Å². The molecule has 16 nitrogen and oxygen atoms in total. The van der Waals surface area contributed by atoms with Gasteiger partial charge in [-0.1, -0.05) is 35.9 Å². The lowest BCUT2D eigenvalue weighted by atomic mass is 9.89. The van der Waals surface area contributed by atoms with Crippen molar-refractivity contribution in [3.63, 3.8) is 0 Å². The van der Waals surface area contributed by atoms with E-state index in [1.165, 1.54) is 31.6 Å². The average molecular weight is 729 g/mol. The Labute approximate surface area is 287 Å². The summed E-state index contributed by atoms with van der Waals surface area (Å²) in [5.74, 6) is -8.48. The van der Waals surface area contributed by atoms with Crippen LogP contribution in [-0.4, -0.2) is 93.4 Å². The highest BCUT2D eigenvalue weighted by Gasteiger charge is 2.52. The number of rotatable bonds is 11. The summed E-state index contributed by atoms with van der Waals surface area (Å²) >= 11 is 1.01. The van der Waals surface area contributed by atoms with Crippen LogP contribution in [0, 0.1) is 29.3 Å². The molecule has 2 saturated heterocycles. The third-order valence-electron chi connectivity index (χ3n) is 8.07. The number of halogens is 3. The number of aromatic nitrogens is 3. The van der Waals surface area contributed by atoms with Gasteiger partial charge in [-0.15, -0.1) is 5.10 Å². The van der Waals surface area contributed by atoms with Crippen molar-refractivity contribution in [1.82, 2.24) is 15.0 Å². The van der Waals surface area contributed by atoms with Gasteiger partial charge in [0.05, 0.1) is 24.4 Å². The van der Waals surface area contributed by atoms with Gasteiger partial charge < -0.3 is 28.4 Å². The Kier molecular flexibility index (Phi) is 12.7. The summed E-state index contributed by atoms with van der Waals surface area (Å²) in [6.07, 6.45) is -2.91. The number of azide groups is 1. The van der Waals surface area contributed by atoms with Crippen molar-refractivity contribution in [1.29, 1.82) is 0 Å². The molecule has 272 valence electrons. The van der Waals surface area contributed by atoms with E-state index in [1.807, 2.05) is 0 Å². The third kappa shape index (κ3) is 9.04. The molecule has 50 heavy (non-hydrogen) atoms. The number of benzene rings is 1. The summed E-state index contributed by atoms with van der Waals surface area (Å²) in [7, 11) is 0. The summed E-state index contributed by atoms with van der Waals surface area (Å²) in [6.45, 7) is 7.48. The summed E-state index contributed by atoms with van der Waals surface area (Å²) < 4.78 is 77.4. The maximum atomic E-state index is 14.1.